The van der Waals surface area contributed by atoms with Gasteiger partial charge in [0.1, 0.15) is 28.4 Å². The van der Waals surface area contributed by atoms with Crippen LogP contribution in [0.5, 0.6) is 17.2 Å². The normalized spacial score (nSPS) is 11.3. The third kappa shape index (κ3) is 5.50. The van der Waals surface area contributed by atoms with Crippen molar-refractivity contribution < 1.29 is 23.4 Å². The zero-order valence-electron chi connectivity index (χ0n) is 19.9. The van der Waals surface area contributed by atoms with Crippen LogP contribution in [-0.2, 0) is 0 Å². The molecular formula is C29H23ClO6. The highest BCUT2D eigenvalue weighted by molar-refractivity contribution is 6.31. The molecule has 0 atom stereocenters. The van der Waals surface area contributed by atoms with Crippen LogP contribution in [0.25, 0.3) is 29.2 Å². The Bertz CT molecular complexity index is 1530. The molecule has 0 saturated carbocycles. The van der Waals surface area contributed by atoms with E-state index in [1.54, 1.807) is 38.5 Å². The van der Waals surface area contributed by atoms with Crippen LogP contribution in [-0.4, -0.2) is 27.1 Å². The molecule has 36 heavy (non-hydrogen) atoms. The molecule has 0 bridgehead atoms. The Morgan fingerprint density at radius 3 is 2.28 bits per heavy atom. The van der Waals surface area contributed by atoms with Gasteiger partial charge in [-0.2, -0.15) is 0 Å². The summed E-state index contributed by atoms with van der Waals surface area (Å²) in [5.74, 6) is 1.37. The number of benzene rings is 3. The minimum absolute atomic E-state index is 0.0797. The molecule has 0 saturated heterocycles. The van der Waals surface area contributed by atoms with E-state index in [1.807, 2.05) is 42.5 Å². The van der Waals surface area contributed by atoms with Gasteiger partial charge in [0.2, 0.25) is 0 Å². The van der Waals surface area contributed by atoms with Crippen LogP contribution in [0.1, 0.15) is 27.0 Å². The Morgan fingerprint density at radius 2 is 1.58 bits per heavy atom. The van der Waals surface area contributed by atoms with Gasteiger partial charge in [-0.25, -0.2) is 4.79 Å². The third-order valence-corrected chi connectivity index (χ3v) is 5.77. The molecule has 0 N–H and O–H groups in total. The minimum Gasteiger partial charge on any atom is -0.497 e. The zero-order valence-corrected chi connectivity index (χ0v) is 20.7. The number of carbonyl (C=O) groups excluding carboxylic acids is 1. The molecule has 0 fully saturated rings. The fourth-order valence-corrected chi connectivity index (χ4v) is 3.79. The van der Waals surface area contributed by atoms with Gasteiger partial charge in [-0.1, -0.05) is 35.9 Å². The van der Waals surface area contributed by atoms with E-state index in [0.717, 1.165) is 16.9 Å². The smallest absolute Gasteiger partial charge is 0.347 e. The van der Waals surface area contributed by atoms with Crippen LogP contribution in [0.4, 0.5) is 0 Å². The SMILES string of the molecule is COc1ccc(/C=C/c2cc(OC)cc(OC)c2/C=C/C(=O)c2cc3ccc(Cl)cc3oc2=O)cc1. The summed E-state index contributed by atoms with van der Waals surface area (Å²) in [5, 5.41) is 1.03. The van der Waals surface area contributed by atoms with Gasteiger partial charge in [-0.3, -0.25) is 4.79 Å². The van der Waals surface area contributed by atoms with E-state index in [1.165, 1.54) is 25.3 Å². The van der Waals surface area contributed by atoms with E-state index in [4.69, 9.17) is 30.2 Å². The van der Waals surface area contributed by atoms with Crippen molar-refractivity contribution in [1.29, 1.82) is 0 Å². The number of halogens is 1. The van der Waals surface area contributed by atoms with Gasteiger partial charge in [0.25, 0.3) is 0 Å². The highest BCUT2D eigenvalue weighted by atomic mass is 35.5. The second-order valence-corrected chi connectivity index (χ2v) is 8.20. The number of fused-ring (bicyclic) bond motifs is 1. The lowest BCUT2D eigenvalue weighted by Gasteiger charge is -2.11. The summed E-state index contributed by atoms with van der Waals surface area (Å²) < 4.78 is 21.5. The number of ether oxygens (including phenoxy) is 3. The second kappa shape index (κ2) is 11.0. The topological polar surface area (TPSA) is 75.0 Å². The molecule has 4 rings (SSSR count). The first-order valence-corrected chi connectivity index (χ1v) is 11.3. The van der Waals surface area contributed by atoms with Gasteiger partial charge < -0.3 is 18.6 Å². The number of methoxy groups -OCH3 is 3. The number of hydrogen-bond acceptors (Lipinski definition) is 6. The Hall–Kier alpha value is -4.29. The summed E-state index contributed by atoms with van der Waals surface area (Å²) >= 11 is 5.96. The predicted molar refractivity (Wildman–Crippen MR) is 142 cm³/mol. The first-order valence-electron chi connectivity index (χ1n) is 11.0. The van der Waals surface area contributed by atoms with E-state index in [2.05, 4.69) is 0 Å². The zero-order chi connectivity index (χ0) is 25.7. The van der Waals surface area contributed by atoms with Gasteiger partial charge in [0, 0.05) is 28.1 Å². The molecule has 182 valence electrons. The molecule has 0 spiro atoms. The molecule has 0 aliphatic heterocycles. The molecule has 1 heterocycles. The summed E-state index contributed by atoms with van der Waals surface area (Å²) in [6, 6.07) is 17.5. The minimum atomic E-state index is -0.735. The van der Waals surface area contributed by atoms with Crippen LogP contribution >= 0.6 is 11.6 Å². The van der Waals surface area contributed by atoms with Crippen LogP contribution in [0.15, 0.2) is 76.0 Å². The third-order valence-electron chi connectivity index (χ3n) is 5.54. The van der Waals surface area contributed by atoms with Gasteiger partial charge in [-0.15, -0.1) is 0 Å². The van der Waals surface area contributed by atoms with Gasteiger partial charge in [0.15, 0.2) is 5.78 Å². The van der Waals surface area contributed by atoms with Gasteiger partial charge in [-0.05, 0) is 59.7 Å². The second-order valence-electron chi connectivity index (χ2n) is 7.77. The molecule has 0 radical (unpaired) electrons. The number of rotatable bonds is 8. The fourth-order valence-electron chi connectivity index (χ4n) is 3.63. The first-order chi connectivity index (χ1) is 17.4. The average Bonchev–Trinajstić information content (AvgIpc) is 2.90. The van der Waals surface area contributed by atoms with Crippen molar-refractivity contribution in [2.24, 2.45) is 0 Å². The molecule has 6 nitrogen and oxygen atoms in total. The lowest BCUT2D eigenvalue weighted by Crippen LogP contribution is -2.12. The Balaban J connectivity index is 1.71. The lowest BCUT2D eigenvalue weighted by molar-refractivity contribution is 0.104. The van der Waals surface area contributed by atoms with Crippen LogP contribution in [0, 0.1) is 0 Å². The summed E-state index contributed by atoms with van der Waals surface area (Å²) in [5.41, 5.74) is 1.86. The molecule has 0 unspecified atom stereocenters. The maximum absolute atomic E-state index is 13.0. The molecule has 0 aliphatic carbocycles. The van der Waals surface area contributed by atoms with Crippen LogP contribution in [0.3, 0.4) is 0 Å². The highest BCUT2D eigenvalue weighted by Crippen LogP contribution is 2.31. The lowest BCUT2D eigenvalue weighted by atomic mass is 10.0. The molecular weight excluding hydrogens is 480 g/mol. The fraction of sp³-hybridized carbons (Fsp3) is 0.103. The average molecular weight is 503 g/mol. The van der Waals surface area contributed by atoms with E-state index in [-0.39, 0.29) is 5.56 Å². The molecule has 7 heteroatoms. The van der Waals surface area contributed by atoms with E-state index >= 15 is 0 Å². The Kier molecular flexibility index (Phi) is 7.56. The van der Waals surface area contributed by atoms with Crippen molar-refractivity contribution in [3.63, 3.8) is 0 Å². The molecule has 1 aromatic heterocycles. The first kappa shape index (κ1) is 24.8. The largest absolute Gasteiger partial charge is 0.497 e. The van der Waals surface area contributed by atoms with E-state index in [0.29, 0.717) is 33.1 Å². The van der Waals surface area contributed by atoms with E-state index < -0.39 is 11.4 Å². The van der Waals surface area contributed by atoms with Crippen molar-refractivity contribution >= 4 is 46.6 Å². The number of allylic oxidation sites excluding steroid dienone is 1. The summed E-state index contributed by atoms with van der Waals surface area (Å²) in [6.07, 6.45) is 6.75. The van der Waals surface area contributed by atoms with Crippen LogP contribution < -0.4 is 19.8 Å². The van der Waals surface area contributed by atoms with E-state index in [9.17, 15) is 9.59 Å². The van der Waals surface area contributed by atoms with Crippen molar-refractivity contribution in [1.82, 2.24) is 0 Å². The van der Waals surface area contributed by atoms with Crippen molar-refractivity contribution in [3.05, 3.63) is 104 Å². The quantitative estimate of drug-likeness (QED) is 0.118. The summed E-state index contributed by atoms with van der Waals surface area (Å²) in [6.45, 7) is 0. The standard InChI is InChI=1S/C29H23ClO6/c1-33-22-10-5-18(6-11-22)4-7-19-14-23(34-2)17-28(35-3)24(19)12-13-26(31)25-15-20-8-9-21(30)16-27(20)36-29(25)32/h4-17H,1-3H3/b7-4+,13-12+. The maximum atomic E-state index is 13.0. The van der Waals surface area contributed by atoms with Gasteiger partial charge in [0.05, 0.1) is 21.3 Å². The maximum Gasteiger partial charge on any atom is 0.347 e. The van der Waals surface area contributed by atoms with Crippen molar-refractivity contribution in [2.75, 3.05) is 21.3 Å². The number of carbonyl (C=O) groups is 1. The molecule has 0 amide bonds. The molecule has 0 aliphatic rings. The number of ketones is 1. The summed E-state index contributed by atoms with van der Waals surface area (Å²) in [4.78, 5) is 25.4. The highest BCUT2D eigenvalue weighted by Gasteiger charge is 2.14. The molecule has 3 aromatic carbocycles. The predicted octanol–water partition coefficient (Wildman–Crippen LogP) is 6.54. The van der Waals surface area contributed by atoms with Crippen molar-refractivity contribution in [3.8, 4) is 17.2 Å². The van der Waals surface area contributed by atoms with Crippen molar-refractivity contribution in [2.45, 2.75) is 0 Å². The van der Waals surface area contributed by atoms with Gasteiger partial charge >= 0.3 is 5.63 Å². The monoisotopic (exact) mass is 502 g/mol. The van der Waals surface area contributed by atoms with Crippen LogP contribution in [0.2, 0.25) is 5.02 Å². The molecule has 4 aromatic rings. The summed E-state index contributed by atoms with van der Waals surface area (Å²) in [7, 11) is 4.72. The Labute approximate surface area is 213 Å². The number of hydrogen-bond donors (Lipinski definition) is 0. The Morgan fingerprint density at radius 1 is 0.833 bits per heavy atom.